The third-order valence-corrected chi connectivity index (χ3v) is 6.28. The Hall–Kier alpha value is -2.82. The van der Waals surface area contributed by atoms with Crippen molar-refractivity contribution in [3.63, 3.8) is 0 Å². The van der Waals surface area contributed by atoms with Crippen LogP contribution < -0.4 is 4.90 Å². The van der Waals surface area contributed by atoms with Crippen LogP contribution in [0.1, 0.15) is 26.5 Å². The molecule has 0 radical (unpaired) electrons. The molecule has 7 heteroatoms. The minimum absolute atomic E-state index is 0.248. The summed E-state index contributed by atoms with van der Waals surface area (Å²) in [6.07, 6.45) is 0.413. The summed E-state index contributed by atoms with van der Waals surface area (Å²) in [4.78, 5) is 14.2. The van der Waals surface area contributed by atoms with E-state index in [1.807, 2.05) is 31.3 Å². The number of benzene rings is 1. The van der Waals surface area contributed by atoms with Crippen molar-refractivity contribution in [3.05, 3.63) is 52.0 Å². The second kappa shape index (κ2) is 7.06. The topological polar surface area (TPSA) is 78.5 Å². The number of nitriles is 1. The van der Waals surface area contributed by atoms with Gasteiger partial charge in [0.25, 0.3) is 0 Å². The number of carbonyl (C=O) groups is 1. The van der Waals surface area contributed by atoms with Crippen molar-refractivity contribution in [1.29, 1.82) is 5.26 Å². The van der Waals surface area contributed by atoms with Gasteiger partial charge in [-0.25, -0.2) is 4.79 Å². The Kier molecular flexibility index (Phi) is 4.60. The highest BCUT2D eigenvalue weighted by atomic mass is 32.1. The van der Waals surface area contributed by atoms with Crippen molar-refractivity contribution in [2.24, 2.45) is 7.05 Å². The number of aryl methyl sites for hydroxylation is 1. The summed E-state index contributed by atoms with van der Waals surface area (Å²) in [5.41, 5.74) is 3.15. The molecule has 1 saturated heterocycles. The summed E-state index contributed by atoms with van der Waals surface area (Å²) >= 11 is 1.20. The van der Waals surface area contributed by atoms with Crippen LogP contribution in [0.3, 0.4) is 0 Å². The SMILES string of the molecule is Cn1c(Cc2c(C(=O)O)sc(N3CCOCC3)c2C#N)cc2ccccc21. The predicted molar refractivity (Wildman–Crippen MR) is 105 cm³/mol. The maximum Gasteiger partial charge on any atom is 0.346 e. The van der Waals surface area contributed by atoms with E-state index in [1.54, 1.807) is 0 Å². The van der Waals surface area contributed by atoms with Crippen LogP contribution in [0, 0.1) is 11.3 Å². The summed E-state index contributed by atoms with van der Waals surface area (Å²) in [5.74, 6) is -0.982. The number of hydrogen-bond donors (Lipinski definition) is 1. The Morgan fingerprint density at radius 3 is 2.74 bits per heavy atom. The van der Waals surface area contributed by atoms with Gasteiger partial charge in [-0.05, 0) is 17.5 Å². The van der Waals surface area contributed by atoms with Gasteiger partial charge in [-0.3, -0.25) is 0 Å². The first-order chi connectivity index (χ1) is 13.1. The molecule has 1 aliphatic heterocycles. The second-order valence-corrected chi connectivity index (χ2v) is 7.54. The first kappa shape index (κ1) is 17.6. The maximum absolute atomic E-state index is 11.9. The molecule has 3 heterocycles. The van der Waals surface area contributed by atoms with E-state index in [2.05, 4.69) is 21.6 Å². The van der Waals surface area contributed by atoms with Crippen LogP contribution in [-0.4, -0.2) is 41.9 Å². The molecule has 138 valence electrons. The zero-order chi connectivity index (χ0) is 19.0. The molecule has 3 aromatic rings. The Morgan fingerprint density at radius 1 is 1.33 bits per heavy atom. The van der Waals surface area contributed by atoms with Crippen molar-refractivity contribution < 1.29 is 14.6 Å². The van der Waals surface area contributed by atoms with Gasteiger partial charge in [0, 0.05) is 43.3 Å². The summed E-state index contributed by atoms with van der Waals surface area (Å²) in [7, 11) is 1.97. The normalized spacial score (nSPS) is 14.4. The van der Waals surface area contributed by atoms with Gasteiger partial charge >= 0.3 is 5.97 Å². The van der Waals surface area contributed by atoms with E-state index in [0.717, 1.165) is 21.6 Å². The number of thiophene rings is 1. The van der Waals surface area contributed by atoms with E-state index in [0.29, 0.717) is 43.9 Å². The smallest absolute Gasteiger partial charge is 0.346 e. The van der Waals surface area contributed by atoms with Crippen LogP contribution >= 0.6 is 11.3 Å². The average Bonchev–Trinajstić information content (AvgIpc) is 3.21. The Labute approximate surface area is 160 Å². The minimum Gasteiger partial charge on any atom is -0.477 e. The van der Waals surface area contributed by atoms with E-state index >= 15 is 0 Å². The number of aromatic carboxylic acids is 1. The van der Waals surface area contributed by atoms with Crippen molar-refractivity contribution >= 4 is 33.2 Å². The lowest BCUT2D eigenvalue weighted by Crippen LogP contribution is -2.36. The highest BCUT2D eigenvalue weighted by Gasteiger charge is 2.27. The number of nitrogens with zero attached hydrogens (tertiary/aromatic N) is 3. The summed E-state index contributed by atoms with van der Waals surface area (Å²) in [6.45, 7) is 2.51. The van der Waals surface area contributed by atoms with Gasteiger partial charge in [0.05, 0.1) is 18.8 Å². The Balaban J connectivity index is 1.81. The largest absolute Gasteiger partial charge is 0.477 e. The molecule has 0 bridgehead atoms. The number of morpholine rings is 1. The second-order valence-electron chi connectivity index (χ2n) is 6.54. The van der Waals surface area contributed by atoms with Gasteiger partial charge < -0.3 is 19.3 Å². The molecule has 0 spiro atoms. The number of para-hydroxylation sites is 1. The quantitative estimate of drug-likeness (QED) is 0.751. The average molecular weight is 381 g/mol. The van der Waals surface area contributed by atoms with Gasteiger partial charge in [-0.2, -0.15) is 5.26 Å². The lowest BCUT2D eigenvalue weighted by atomic mass is 10.0. The van der Waals surface area contributed by atoms with E-state index in [1.165, 1.54) is 11.3 Å². The molecule has 1 fully saturated rings. The molecule has 0 amide bonds. The van der Waals surface area contributed by atoms with Gasteiger partial charge in [0.2, 0.25) is 0 Å². The molecule has 1 aromatic carbocycles. The molecular weight excluding hydrogens is 362 g/mol. The predicted octanol–water partition coefficient (Wildman–Crippen LogP) is 3.24. The molecule has 1 N–H and O–H groups in total. The van der Waals surface area contributed by atoms with Gasteiger partial charge in [0.15, 0.2) is 0 Å². The zero-order valence-electron chi connectivity index (χ0n) is 14.9. The van der Waals surface area contributed by atoms with Crippen LogP contribution in [0.2, 0.25) is 0 Å². The number of hydrogen-bond acceptors (Lipinski definition) is 5. The van der Waals surface area contributed by atoms with E-state index in [-0.39, 0.29) is 4.88 Å². The molecule has 0 atom stereocenters. The number of ether oxygens (including phenoxy) is 1. The molecule has 4 rings (SSSR count). The fraction of sp³-hybridized carbons (Fsp3) is 0.300. The van der Waals surface area contributed by atoms with Crippen LogP contribution in [0.15, 0.2) is 30.3 Å². The Bertz CT molecular complexity index is 1050. The van der Waals surface area contributed by atoms with Crippen LogP contribution in [0.5, 0.6) is 0 Å². The van der Waals surface area contributed by atoms with E-state index < -0.39 is 5.97 Å². The molecule has 27 heavy (non-hydrogen) atoms. The fourth-order valence-electron chi connectivity index (χ4n) is 3.59. The third kappa shape index (κ3) is 3.07. The van der Waals surface area contributed by atoms with E-state index in [9.17, 15) is 15.2 Å². The molecule has 2 aromatic heterocycles. The summed E-state index contributed by atoms with van der Waals surface area (Å²) in [5, 5.41) is 21.4. The molecular formula is C20H19N3O3S. The standard InChI is InChI=1S/C20H19N3O3S/c1-22-14(10-13-4-2-3-5-17(13)22)11-15-16(12-21)19(27-18(15)20(24)25)23-6-8-26-9-7-23/h2-5,10H,6-9,11H2,1H3,(H,24,25). The van der Waals surface area contributed by atoms with Crippen LogP contribution in [-0.2, 0) is 18.2 Å². The minimum atomic E-state index is -0.982. The molecule has 0 unspecified atom stereocenters. The maximum atomic E-state index is 11.9. The number of anilines is 1. The number of carboxylic acids is 1. The van der Waals surface area contributed by atoms with Gasteiger partial charge in [-0.15, -0.1) is 11.3 Å². The van der Waals surface area contributed by atoms with Crippen LogP contribution in [0.4, 0.5) is 5.00 Å². The summed E-state index contributed by atoms with van der Waals surface area (Å²) < 4.78 is 7.45. The number of aromatic nitrogens is 1. The first-order valence-corrected chi connectivity index (χ1v) is 9.57. The number of fused-ring (bicyclic) bond motifs is 1. The molecule has 0 aliphatic carbocycles. The lowest BCUT2D eigenvalue weighted by molar-refractivity contribution is 0.0701. The number of carboxylic acid groups (broad SMARTS) is 1. The highest BCUT2D eigenvalue weighted by molar-refractivity contribution is 7.18. The van der Waals surface area contributed by atoms with Crippen LogP contribution in [0.25, 0.3) is 10.9 Å². The molecule has 0 saturated carbocycles. The van der Waals surface area contributed by atoms with Gasteiger partial charge in [-0.1, -0.05) is 18.2 Å². The van der Waals surface area contributed by atoms with Crippen molar-refractivity contribution in [2.75, 3.05) is 31.2 Å². The molecule has 6 nitrogen and oxygen atoms in total. The van der Waals surface area contributed by atoms with Crippen molar-refractivity contribution in [1.82, 2.24) is 4.57 Å². The monoisotopic (exact) mass is 381 g/mol. The Morgan fingerprint density at radius 2 is 2.07 bits per heavy atom. The third-order valence-electron chi connectivity index (χ3n) is 5.00. The highest BCUT2D eigenvalue weighted by Crippen LogP contribution is 2.38. The zero-order valence-corrected chi connectivity index (χ0v) is 15.8. The van der Waals surface area contributed by atoms with E-state index in [4.69, 9.17) is 4.74 Å². The molecule has 1 aliphatic rings. The van der Waals surface area contributed by atoms with Gasteiger partial charge in [0.1, 0.15) is 15.9 Å². The lowest BCUT2D eigenvalue weighted by Gasteiger charge is -2.27. The summed E-state index contributed by atoms with van der Waals surface area (Å²) in [6, 6.07) is 12.4. The fourth-order valence-corrected chi connectivity index (χ4v) is 4.76. The van der Waals surface area contributed by atoms with Crippen molar-refractivity contribution in [3.8, 4) is 6.07 Å². The number of rotatable bonds is 4. The first-order valence-electron chi connectivity index (χ1n) is 8.75. The van der Waals surface area contributed by atoms with Crippen molar-refractivity contribution in [2.45, 2.75) is 6.42 Å².